The lowest BCUT2D eigenvalue weighted by Crippen LogP contribution is -2.38. The average molecular weight is 482 g/mol. The molecule has 4 rings (SSSR count). The van der Waals surface area contributed by atoms with Crippen LogP contribution in [0.3, 0.4) is 0 Å². The van der Waals surface area contributed by atoms with Crippen LogP contribution in [0.4, 0.5) is 21.5 Å². The zero-order valence-electron chi connectivity index (χ0n) is 18.5. The lowest BCUT2D eigenvalue weighted by atomic mass is 10.1. The zero-order valence-corrected chi connectivity index (χ0v) is 19.2. The van der Waals surface area contributed by atoms with Gasteiger partial charge >= 0.3 is 0 Å². The Hall–Kier alpha value is -3.91. The monoisotopic (exact) mass is 481 g/mol. The second-order valence-electron chi connectivity index (χ2n) is 7.45. The van der Waals surface area contributed by atoms with E-state index in [4.69, 9.17) is 21.1 Å². The highest BCUT2D eigenvalue weighted by Gasteiger charge is 2.27. The number of rotatable bonds is 6. The molecule has 7 nitrogen and oxygen atoms in total. The molecular formula is C25H21ClFN3O4. The van der Waals surface area contributed by atoms with Crippen molar-refractivity contribution in [3.8, 4) is 11.5 Å². The third-order valence-electron chi connectivity index (χ3n) is 5.27. The molecule has 2 amide bonds. The molecule has 3 aromatic carbocycles. The predicted octanol–water partition coefficient (Wildman–Crippen LogP) is 4.99. The Balaban J connectivity index is 1.60. The molecular weight excluding hydrogens is 461 g/mol. The summed E-state index contributed by atoms with van der Waals surface area (Å²) in [6.45, 7) is -0.255. The third-order valence-corrected chi connectivity index (χ3v) is 5.57. The number of anilines is 2. The van der Waals surface area contributed by atoms with Gasteiger partial charge in [-0.2, -0.15) is 0 Å². The number of fused-ring (bicyclic) bond motifs is 1. The molecule has 1 aliphatic rings. The molecule has 0 atom stereocenters. The number of nitrogens with one attached hydrogen (secondary N) is 1. The van der Waals surface area contributed by atoms with E-state index in [2.05, 4.69) is 10.3 Å². The van der Waals surface area contributed by atoms with Gasteiger partial charge in [-0.15, -0.1) is 0 Å². The molecule has 0 bridgehead atoms. The van der Waals surface area contributed by atoms with Crippen molar-refractivity contribution in [3.05, 3.63) is 77.1 Å². The molecule has 0 spiro atoms. The van der Waals surface area contributed by atoms with Crippen LogP contribution in [-0.2, 0) is 9.59 Å². The van der Waals surface area contributed by atoms with Crippen LogP contribution in [0, 0.1) is 5.82 Å². The Morgan fingerprint density at radius 3 is 2.50 bits per heavy atom. The first-order valence-electron chi connectivity index (χ1n) is 10.3. The van der Waals surface area contributed by atoms with Gasteiger partial charge in [0.25, 0.3) is 0 Å². The van der Waals surface area contributed by atoms with Crippen LogP contribution >= 0.6 is 11.6 Å². The van der Waals surface area contributed by atoms with Crippen molar-refractivity contribution in [1.29, 1.82) is 0 Å². The van der Waals surface area contributed by atoms with Gasteiger partial charge in [-0.05, 0) is 35.9 Å². The summed E-state index contributed by atoms with van der Waals surface area (Å²) >= 11 is 6.19. The molecule has 0 aliphatic carbocycles. The Morgan fingerprint density at radius 1 is 1.09 bits per heavy atom. The molecule has 0 saturated carbocycles. The SMILES string of the molecule is COc1cc(OC)c(NC(=O)CN2C(=O)CC(c3ccc(F)cc3)=Nc3ccccc32)cc1Cl. The highest BCUT2D eigenvalue weighted by Crippen LogP contribution is 2.36. The molecule has 9 heteroatoms. The van der Waals surface area contributed by atoms with Crippen molar-refractivity contribution in [1.82, 2.24) is 0 Å². The highest BCUT2D eigenvalue weighted by atomic mass is 35.5. The van der Waals surface area contributed by atoms with Gasteiger partial charge in [-0.3, -0.25) is 14.6 Å². The van der Waals surface area contributed by atoms with E-state index in [1.54, 1.807) is 42.5 Å². The van der Waals surface area contributed by atoms with Crippen LogP contribution in [0.15, 0.2) is 65.7 Å². The number of hydrogen-bond acceptors (Lipinski definition) is 5. The summed E-state index contributed by atoms with van der Waals surface area (Å²) in [4.78, 5) is 32.2. The van der Waals surface area contributed by atoms with Crippen molar-refractivity contribution in [3.63, 3.8) is 0 Å². The molecule has 3 aromatic rings. The van der Waals surface area contributed by atoms with Gasteiger partial charge < -0.3 is 19.7 Å². The molecule has 0 saturated heterocycles. The maximum atomic E-state index is 13.4. The molecule has 34 heavy (non-hydrogen) atoms. The van der Waals surface area contributed by atoms with Crippen molar-refractivity contribution in [2.24, 2.45) is 4.99 Å². The van der Waals surface area contributed by atoms with Crippen molar-refractivity contribution < 1.29 is 23.5 Å². The molecule has 1 N–H and O–H groups in total. The van der Waals surface area contributed by atoms with Gasteiger partial charge in [-0.1, -0.05) is 35.9 Å². The average Bonchev–Trinajstić information content (AvgIpc) is 2.96. The fourth-order valence-corrected chi connectivity index (χ4v) is 3.86. The molecule has 1 aliphatic heterocycles. The Kier molecular flexibility index (Phi) is 6.79. The minimum atomic E-state index is -0.451. The summed E-state index contributed by atoms with van der Waals surface area (Å²) in [5.74, 6) is -0.384. The second-order valence-corrected chi connectivity index (χ2v) is 7.85. The number of benzene rings is 3. The van der Waals surface area contributed by atoms with Crippen LogP contribution in [0.5, 0.6) is 11.5 Å². The minimum Gasteiger partial charge on any atom is -0.495 e. The maximum absolute atomic E-state index is 13.4. The lowest BCUT2D eigenvalue weighted by molar-refractivity contribution is -0.120. The second kappa shape index (κ2) is 9.93. The number of carbonyl (C=O) groups is 2. The van der Waals surface area contributed by atoms with Crippen LogP contribution in [0.2, 0.25) is 5.02 Å². The van der Waals surface area contributed by atoms with E-state index in [9.17, 15) is 14.0 Å². The van der Waals surface area contributed by atoms with E-state index in [0.29, 0.717) is 44.9 Å². The number of halogens is 2. The van der Waals surface area contributed by atoms with Gasteiger partial charge in [0.05, 0.1) is 48.4 Å². The van der Waals surface area contributed by atoms with Crippen LogP contribution in [0.25, 0.3) is 0 Å². The Bertz CT molecular complexity index is 1280. The summed E-state index contributed by atoms with van der Waals surface area (Å²) in [5, 5.41) is 3.04. The number of hydrogen-bond donors (Lipinski definition) is 1. The third kappa shape index (κ3) is 4.87. The normalized spacial score (nSPS) is 13.0. The first-order chi connectivity index (χ1) is 16.4. The van der Waals surface area contributed by atoms with E-state index in [1.807, 2.05) is 0 Å². The Morgan fingerprint density at radius 2 is 1.79 bits per heavy atom. The smallest absolute Gasteiger partial charge is 0.244 e. The largest absolute Gasteiger partial charge is 0.495 e. The minimum absolute atomic E-state index is 0.0503. The lowest BCUT2D eigenvalue weighted by Gasteiger charge is -2.22. The zero-order chi connectivity index (χ0) is 24.2. The topological polar surface area (TPSA) is 80.2 Å². The van der Waals surface area contributed by atoms with Gasteiger partial charge in [0.15, 0.2) is 0 Å². The summed E-state index contributed by atoms with van der Waals surface area (Å²) < 4.78 is 23.9. The van der Waals surface area contributed by atoms with E-state index < -0.39 is 5.91 Å². The number of aliphatic imine (C=N–C) groups is 1. The van der Waals surface area contributed by atoms with Crippen LogP contribution in [0.1, 0.15) is 12.0 Å². The summed E-state index contributed by atoms with van der Waals surface area (Å²) in [7, 11) is 2.94. The van der Waals surface area contributed by atoms with Crippen LogP contribution < -0.4 is 19.7 Å². The standard InChI is InChI=1S/C25H21ClFN3O4/c1-33-22-13-23(34-2)20(11-17(22)26)29-24(31)14-30-21-6-4-3-5-18(21)28-19(12-25(30)32)15-7-9-16(27)10-8-15/h3-11,13H,12,14H2,1-2H3,(H,29,31). The summed E-state index contributed by atoms with van der Waals surface area (Å²) in [5.41, 5.74) is 2.50. The number of para-hydroxylation sites is 2. The van der Waals surface area contributed by atoms with Crippen molar-refractivity contribution in [2.75, 3.05) is 31.0 Å². The van der Waals surface area contributed by atoms with Gasteiger partial charge in [-0.25, -0.2) is 4.39 Å². The summed E-state index contributed by atoms with van der Waals surface area (Å²) in [6, 6.07) is 15.9. The van der Waals surface area contributed by atoms with Gasteiger partial charge in [0.1, 0.15) is 23.9 Å². The number of amides is 2. The molecule has 0 fully saturated rings. The number of nitrogens with zero attached hydrogens (tertiary/aromatic N) is 2. The fourth-order valence-electron chi connectivity index (χ4n) is 3.62. The molecule has 0 aromatic heterocycles. The molecule has 0 unspecified atom stereocenters. The maximum Gasteiger partial charge on any atom is 0.244 e. The Labute approximate surface area is 200 Å². The number of methoxy groups -OCH3 is 2. The highest BCUT2D eigenvalue weighted by molar-refractivity contribution is 6.32. The quantitative estimate of drug-likeness (QED) is 0.537. The molecule has 1 heterocycles. The van der Waals surface area contributed by atoms with Gasteiger partial charge in [0, 0.05) is 6.07 Å². The van der Waals surface area contributed by atoms with E-state index >= 15 is 0 Å². The summed E-state index contributed by atoms with van der Waals surface area (Å²) in [6.07, 6.45) is -0.0503. The number of ether oxygens (including phenoxy) is 2. The van der Waals surface area contributed by atoms with Crippen molar-refractivity contribution >= 4 is 46.2 Å². The van der Waals surface area contributed by atoms with Crippen molar-refractivity contribution in [2.45, 2.75) is 6.42 Å². The first kappa shape index (κ1) is 23.3. The molecule has 174 valence electrons. The van der Waals surface area contributed by atoms with Gasteiger partial charge in [0.2, 0.25) is 11.8 Å². The van der Waals surface area contributed by atoms with E-state index in [0.717, 1.165) is 0 Å². The first-order valence-corrected chi connectivity index (χ1v) is 10.7. The van der Waals surface area contributed by atoms with E-state index in [1.165, 1.54) is 37.3 Å². The van der Waals surface area contributed by atoms with Crippen LogP contribution in [-0.4, -0.2) is 38.3 Å². The predicted molar refractivity (Wildman–Crippen MR) is 129 cm³/mol. The fraction of sp³-hybridized carbons (Fsp3) is 0.160. The van der Waals surface area contributed by atoms with E-state index in [-0.39, 0.29) is 24.7 Å². The number of carbonyl (C=O) groups excluding carboxylic acids is 2. The molecule has 0 radical (unpaired) electrons.